The highest BCUT2D eigenvalue weighted by atomic mass is 35.5. The van der Waals surface area contributed by atoms with Crippen molar-refractivity contribution >= 4 is 56.8 Å². The van der Waals surface area contributed by atoms with E-state index >= 15 is 4.39 Å². The second-order valence-corrected chi connectivity index (χ2v) is 9.51. The summed E-state index contributed by atoms with van der Waals surface area (Å²) < 4.78 is 15.9. The fraction of sp³-hybridized carbons (Fsp3) is 0.250. The molecule has 2 aromatic carbocycles. The number of carboxylic acid groups (broad SMARTS) is 1. The second kappa shape index (κ2) is 8.15. The number of aliphatic hydroxyl groups excluding tert-OH is 1. The summed E-state index contributed by atoms with van der Waals surface area (Å²) in [7, 11) is 0. The van der Waals surface area contributed by atoms with Gasteiger partial charge >= 0.3 is 6.09 Å². The van der Waals surface area contributed by atoms with Crippen molar-refractivity contribution in [1.29, 1.82) is 0 Å². The van der Waals surface area contributed by atoms with Gasteiger partial charge in [-0.3, -0.25) is 9.88 Å². The van der Waals surface area contributed by atoms with Crippen LogP contribution < -0.4 is 4.90 Å². The third-order valence-electron chi connectivity index (χ3n) is 6.81. The molecule has 2 aliphatic rings. The molecule has 2 N–H and O–H groups in total. The number of nitrogens with zero attached hydrogens (tertiary/aromatic N) is 5. The maximum absolute atomic E-state index is 15.9. The van der Waals surface area contributed by atoms with Crippen molar-refractivity contribution in [3.8, 4) is 11.3 Å². The molecule has 0 spiro atoms. The zero-order chi connectivity index (χ0) is 24.4. The lowest BCUT2D eigenvalue weighted by Crippen LogP contribution is -2.57. The topological polar surface area (TPSA) is 103 Å². The van der Waals surface area contributed by atoms with Gasteiger partial charge < -0.3 is 15.1 Å². The molecule has 6 rings (SSSR count). The van der Waals surface area contributed by atoms with Crippen LogP contribution in [0.5, 0.6) is 0 Å². The summed E-state index contributed by atoms with van der Waals surface area (Å²) in [5.74, 6) is -0.310. The zero-order valence-corrected chi connectivity index (χ0v) is 19.6. The molecule has 0 radical (unpaired) electrons. The van der Waals surface area contributed by atoms with Crippen molar-refractivity contribution < 1.29 is 19.4 Å². The number of benzene rings is 2. The first-order chi connectivity index (χ1) is 16.8. The number of amides is 1. The van der Waals surface area contributed by atoms with Crippen molar-refractivity contribution in [2.45, 2.75) is 24.6 Å². The summed E-state index contributed by atoms with van der Waals surface area (Å²) in [5, 5.41) is 22.2. The smallest absolute Gasteiger partial charge is 0.408 e. The van der Waals surface area contributed by atoms with Gasteiger partial charge in [0.15, 0.2) is 5.82 Å². The number of hydrogen-bond donors (Lipinski definition) is 2. The number of carbonyl (C=O) groups is 1. The molecule has 0 aliphatic carbocycles. The van der Waals surface area contributed by atoms with Gasteiger partial charge in [0.25, 0.3) is 0 Å². The van der Waals surface area contributed by atoms with Gasteiger partial charge in [0, 0.05) is 35.3 Å². The first-order valence-corrected chi connectivity index (χ1v) is 11.7. The van der Waals surface area contributed by atoms with Crippen LogP contribution in [0, 0.1) is 5.82 Å². The fourth-order valence-corrected chi connectivity index (χ4v) is 5.79. The van der Waals surface area contributed by atoms with Crippen LogP contribution in [-0.2, 0) is 0 Å². The lowest BCUT2D eigenvalue weighted by molar-refractivity contribution is 0.0868. The van der Waals surface area contributed by atoms with Gasteiger partial charge in [0.1, 0.15) is 17.0 Å². The van der Waals surface area contributed by atoms with Crippen LogP contribution in [-0.4, -0.2) is 67.4 Å². The van der Waals surface area contributed by atoms with E-state index in [4.69, 9.17) is 23.2 Å². The number of aliphatic hydroxyl groups is 1. The third kappa shape index (κ3) is 3.45. The van der Waals surface area contributed by atoms with Gasteiger partial charge in [0.05, 0.1) is 23.6 Å². The molecule has 3 atom stereocenters. The lowest BCUT2D eigenvalue weighted by atomic mass is 10.0. The lowest BCUT2D eigenvalue weighted by Gasteiger charge is -2.40. The van der Waals surface area contributed by atoms with E-state index in [2.05, 4.69) is 15.0 Å². The molecule has 4 heterocycles. The highest BCUT2D eigenvalue weighted by Crippen LogP contribution is 2.39. The first-order valence-electron chi connectivity index (χ1n) is 11.0. The Bertz CT molecular complexity index is 1510. The van der Waals surface area contributed by atoms with Crippen molar-refractivity contribution in [3.05, 3.63) is 58.7 Å². The predicted octanol–water partition coefficient (Wildman–Crippen LogP) is 4.59. The summed E-state index contributed by atoms with van der Waals surface area (Å²) in [6, 6.07) is 9.86. The van der Waals surface area contributed by atoms with Crippen molar-refractivity contribution in [2.24, 2.45) is 0 Å². The Morgan fingerprint density at radius 2 is 1.89 bits per heavy atom. The number of anilines is 1. The summed E-state index contributed by atoms with van der Waals surface area (Å²) in [6.07, 6.45) is -0.0464. The Kier molecular flexibility index (Phi) is 5.17. The Morgan fingerprint density at radius 1 is 1.11 bits per heavy atom. The van der Waals surface area contributed by atoms with Gasteiger partial charge in [-0.15, -0.1) is 0 Å². The average molecular weight is 514 g/mol. The van der Waals surface area contributed by atoms with Gasteiger partial charge in [-0.2, -0.15) is 4.98 Å². The monoisotopic (exact) mass is 513 g/mol. The summed E-state index contributed by atoms with van der Waals surface area (Å²) in [5.41, 5.74) is 0.616. The molecule has 2 saturated heterocycles. The average Bonchev–Trinajstić information content (AvgIpc) is 3.04. The van der Waals surface area contributed by atoms with Crippen LogP contribution in [0.4, 0.5) is 15.0 Å². The van der Waals surface area contributed by atoms with E-state index < -0.39 is 30.1 Å². The van der Waals surface area contributed by atoms with Crippen LogP contribution in [0.25, 0.3) is 32.9 Å². The molecule has 2 aliphatic heterocycles. The number of pyridine rings is 1. The van der Waals surface area contributed by atoms with Crippen LogP contribution in [0.1, 0.15) is 6.42 Å². The summed E-state index contributed by atoms with van der Waals surface area (Å²) >= 11 is 12.7. The molecule has 3 unspecified atom stereocenters. The maximum atomic E-state index is 15.9. The normalized spacial score (nSPS) is 21.8. The van der Waals surface area contributed by atoms with Gasteiger partial charge in [-0.1, -0.05) is 41.9 Å². The number of rotatable bonds is 2. The first kappa shape index (κ1) is 22.2. The quantitative estimate of drug-likeness (QED) is 0.377. The molecule has 4 aromatic rings. The molecule has 1 amide bonds. The van der Waals surface area contributed by atoms with Crippen LogP contribution in [0.15, 0.2) is 42.6 Å². The molecule has 178 valence electrons. The molecule has 35 heavy (non-hydrogen) atoms. The maximum Gasteiger partial charge on any atom is 0.408 e. The highest BCUT2D eigenvalue weighted by molar-refractivity contribution is 6.36. The van der Waals surface area contributed by atoms with Gasteiger partial charge in [-0.05, 0) is 29.5 Å². The predicted molar refractivity (Wildman–Crippen MR) is 131 cm³/mol. The van der Waals surface area contributed by atoms with E-state index in [0.717, 1.165) is 5.39 Å². The SMILES string of the molecule is O=C(O)N1C2CC(O)C1CN(c1nc(Cl)nc3c(F)c(-c4cccc5cccc(Cl)c45)ncc13)C2. The van der Waals surface area contributed by atoms with E-state index in [-0.39, 0.29) is 29.6 Å². The minimum atomic E-state index is -1.08. The zero-order valence-electron chi connectivity index (χ0n) is 18.1. The summed E-state index contributed by atoms with van der Waals surface area (Å²) in [4.78, 5) is 27.7. The standard InChI is InChI=1S/C24H18Cl2FN5O3/c25-15-6-2-4-11-3-1-5-13(18(11)15)20-19(27)21-14(8-28-20)22(30-23(26)29-21)31-9-12-7-17(33)16(10-31)32(12)24(34)35/h1-6,8,12,16-17,33H,7,9-10H2,(H,34,35). The highest BCUT2D eigenvalue weighted by Gasteiger charge is 2.48. The summed E-state index contributed by atoms with van der Waals surface area (Å²) in [6.45, 7) is 0.472. The molecule has 2 fully saturated rings. The van der Waals surface area contributed by atoms with E-state index in [1.807, 2.05) is 23.1 Å². The van der Waals surface area contributed by atoms with Crippen LogP contribution in [0.3, 0.4) is 0 Å². The number of piperazine rings is 1. The third-order valence-corrected chi connectivity index (χ3v) is 7.30. The molecule has 0 saturated carbocycles. The molecule has 2 aromatic heterocycles. The van der Waals surface area contributed by atoms with E-state index in [9.17, 15) is 15.0 Å². The number of aromatic nitrogens is 3. The number of hydrogen-bond acceptors (Lipinski definition) is 6. The Hall–Kier alpha value is -3.27. The fourth-order valence-electron chi connectivity index (χ4n) is 5.34. The van der Waals surface area contributed by atoms with Crippen LogP contribution in [0.2, 0.25) is 10.3 Å². The van der Waals surface area contributed by atoms with Crippen molar-refractivity contribution in [2.75, 3.05) is 18.0 Å². The van der Waals surface area contributed by atoms with Crippen molar-refractivity contribution in [1.82, 2.24) is 19.9 Å². The van der Waals surface area contributed by atoms with Gasteiger partial charge in [0.2, 0.25) is 5.28 Å². The number of halogens is 3. The Morgan fingerprint density at radius 3 is 2.63 bits per heavy atom. The Labute approximate surface area is 208 Å². The molecule has 11 heteroatoms. The Balaban J connectivity index is 1.49. The van der Waals surface area contributed by atoms with Crippen LogP contribution >= 0.6 is 23.2 Å². The van der Waals surface area contributed by atoms with Crippen molar-refractivity contribution in [3.63, 3.8) is 0 Å². The van der Waals surface area contributed by atoms with Gasteiger partial charge in [-0.25, -0.2) is 14.2 Å². The van der Waals surface area contributed by atoms with E-state index in [0.29, 0.717) is 33.6 Å². The molecular formula is C24H18Cl2FN5O3. The molecule has 2 bridgehead atoms. The largest absolute Gasteiger partial charge is 0.465 e. The minimum absolute atomic E-state index is 0.00242. The molecule has 8 nitrogen and oxygen atoms in total. The van der Waals surface area contributed by atoms with E-state index in [1.54, 1.807) is 18.2 Å². The molecular weight excluding hydrogens is 496 g/mol. The van der Waals surface area contributed by atoms with E-state index in [1.165, 1.54) is 11.1 Å². The second-order valence-electron chi connectivity index (χ2n) is 8.76. The number of fused-ring (bicyclic) bond motifs is 4. The minimum Gasteiger partial charge on any atom is -0.465 e.